The number of hydrogen-bond donors (Lipinski definition) is 2. The molecule has 2 atom stereocenters. The Morgan fingerprint density at radius 1 is 1.42 bits per heavy atom. The highest BCUT2D eigenvalue weighted by Gasteiger charge is 2.15. The maximum atomic E-state index is 11.5. The van der Waals surface area contributed by atoms with Crippen LogP contribution in [0.2, 0.25) is 0 Å². The lowest BCUT2D eigenvalue weighted by molar-refractivity contribution is 0.131. The monoisotopic (exact) mass is 305 g/mol. The average Bonchev–Trinajstić information content (AvgIpc) is 2.45. The van der Waals surface area contributed by atoms with Gasteiger partial charge in [0.1, 0.15) is 6.61 Å². The van der Waals surface area contributed by atoms with Gasteiger partial charge in [-0.25, -0.2) is 4.79 Å². The van der Waals surface area contributed by atoms with E-state index in [1.807, 2.05) is 30.3 Å². The summed E-state index contributed by atoms with van der Waals surface area (Å²) in [6, 6.07) is 8.60. The molecule has 5 nitrogen and oxygen atoms in total. The molecule has 2 unspecified atom stereocenters. The Morgan fingerprint density at radius 3 is 2.68 bits per heavy atom. The van der Waals surface area contributed by atoms with E-state index in [1.54, 1.807) is 0 Å². The van der Waals surface area contributed by atoms with E-state index in [0.29, 0.717) is 0 Å². The fraction of sp³-hybridized carbons (Fsp3) is 0.417. The van der Waals surface area contributed by atoms with Gasteiger partial charge in [-0.2, -0.15) is 0 Å². The van der Waals surface area contributed by atoms with Crippen molar-refractivity contribution in [1.29, 1.82) is 0 Å². The Balaban J connectivity index is 2.35. The molecule has 0 bridgehead atoms. The van der Waals surface area contributed by atoms with E-state index in [9.17, 15) is 9.00 Å². The van der Waals surface area contributed by atoms with Crippen LogP contribution in [0.3, 0.4) is 0 Å². The summed E-state index contributed by atoms with van der Waals surface area (Å²) in [6.45, 7) is -0.174. The number of carbonyl (C=O) groups is 1. The second kappa shape index (κ2) is 8.90. The third-order valence-electron chi connectivity index (χ3n) is 2.26. The second-order valence-corrected chi connectivity index (χ2v) is 5.89. The molecule has 19 heavy (non-hydrogen) atoms. The molecule has 0 spiro atoms. The van der Waals surface area contributed by atoms with Crippen molar-refractivity contribution in [3.63, 3.8) is 0 Å². The zero-order valence-electron chi connectivity index (χ0n) is 10.3. The van der Waals surface area contributed by atoms with Crippen molar-refractivity contribution in [2.75, 3.05) is 17.6 Å². The molecule has 0 radical (unpaired) electrons. The van der Waals surface area contributed by atoms with E-state index in [0.717, 1.165) is 5.56 Å². The van der Waals surface area contributed by atoms with Crippen molar-refractivity contribution >= 4 is 28.5 Å². The minimum atomic E-state index is -1.28. The van der Waals surface area contributed by atoms with Crippen molar-refractivity contribution in [3.8, 4) is 0 Å². The van der Waals surface area contributed by atoms with Crippen LogP contribution >= 0.6 is 11.6 Å². The molecule has 106 valence electrons. The smallest absolute Gasteiger partial charge is 0.407 e. The van der Waals surface area contributed by atoms with Crippen molar-refractivity contribution in [2.45, 2.75) is 12.6 Å². The first-order chi connectivity index (χ1) is 9.15. The Bertz CT molecular complexity index is 415. The standard InChI is InChI=1S/C12H16ClNO4S/c13-9-19(17)8-11(6-15)14-12(16)18-7-10-4-2-1-3-5-10/h1-5,11,15H,6-9H2,(H,14,16). The van der Waals surface area contributed by atoms with Crippen molar-refractivity contribution in [2.24, 2.45) is 0 Å². The molecular formula is C12H16ClNO4S. The summed E-state index contributed by atoms with van der Waals surface area (Å²) in [7, 11) is -1.28. The fourth-order valence-corrected chi connectivity index (χ4v) is 2.33. The van der Waals surface area contributed by atoms with Crippen LogP contribution in [0, 0.1) is 0 Å². The van der Waals surface area contributed by atoms with Gasteiger partial charge in [0, 0.05) is 16.6 Å². The van der Waals surface area contributed by atoms with Crippen molar-refractivity contribution in [3.05, 3.63) is 35.9 Å². The Kier molecular flexibility index (Phi) is 7.47. The number of benzene rings is 1. The predicted molar refractivity (Wildman–Crippen MR) is 74.4 cm³/mol. The molecule has 0 aliphatic rings. The lowest BCUT2D eigenvalue weighted by atomic mass is 10.2. The zero-order valence-corrected chi connectivity index (χ0v) is 11.8. The van der Waals surface area contributed by atoms with Gasteiger partial charge in [0.15, 0.2) is 0 Å². The van der Waals surface area contributed by atoms with Gasteiger partial charge in [-0.05, 0) is 5.56 Å². The number of alkyl halides is 1. The molecular weight excluding hydrogens is 290 g/mol. The lowest BCUT2D eigenvalue weighted by Gasteiger charge is -2.15. The number of ether oxygens (including phenoxy) is 1. The molecule has 0 aliphatic heterocycles. The molecule has 0 heterocycles. The van der Waals surface area contributed by atoms with E-state index in [4.69, 9.17) is 21.4 Å². The maximum Gasteiger partial charge on any atom is 0.407 e. The molecule has 0 fully saturated rings. The van der Waals surface area contributed by atoms with Crippen molar-refractivity contribution in [1.82, 2.24) is 5.32 Å². The number of amides is 1. The van der Waals surface area contributed by atoms with Crippen molar-refractivity contribution < 1.29 is 18.8 Å². The first-order valence-corrected chi connectivity index (χ1v) is 7.67. The number of nitrogens with one attached hydrogen (secondary N) is 1. The minimum Gasteiger partial charge on any atom is -0.445 e. The Hall–Kier alpha value is -1.11. The molecule has 1 aromatic rings. The number of hydrogen-bond acceptors (Lipinski definition) is 4. The summed E-state index contributed by atoms with van der Waals surface area (Å²) in [5.41, 5.74) is 0.863. The predicted octanol–water partition coefficient (Wildman–Crippen LogP) is 1.22. The minimum absolute atomic E-state index is 0.0305. The Labute approximate surface area is 119 Å². The molecule has 0 aliphatic carbocycles. The van der Waals surface area contributed by atoms with Crippen LogP contribution in [0.1, 0.15) is 5.56 Å². The summed E-state index contributed by atoms with van der Waals surface area (Å²) >= 11 is 5.41. The number of rotatable bonds is 7. The van der Waals surface area contributed by atoms with Crippen LogP contribution < -0.4 is 5.32 Å². The molecule has 7 heteroatoms. The van der Waals surface area contributed by atoms with Gasteiger partial charge in [0.05, 0.1) is 17.9 Å². The van der Waals surface area contributed by atoms with E-state index in [-0.39, 0.29) is 24.2 Å². The fourth-order valence-electron chi connectivity index (χ4n) is 1.34. The summed E-state index contributed by atoms with van der Waals surface area (Å²) in [5.74, 6) is 0.0977. The van der Waals surface area contributed by atoms with E-state index in [1.165, 1.54) is 0 Å². The first kappa shape index (κ1) is 15.9. The van der Waals surface area contributed by atoms with Gasteiger partial charge < -0.3 is 15.2 Å². The summed E-state index contributed by atoms with van der Waals surface area (Å²) in [6.07, 6.45) is -0.658. The summed E-state index contributed by atoms with van der Waals surface area (Å²) < 4.78 is 16.2. The number of carbonyl (C=O) groups excluding carboxylic acids is 1. The topological polar surface area (TPSA) is 75.6 Å². The zero-order chi connectivity index (χ0) is 14.1. The van der Waals surface area contributed by atoms with Gasteiger partial charge in [-0.1, -0.05) is 30.3 Å². The number of aliphatic hydroxyl groups excluding tert-OH is 1. The first-order valence-electron chi connectivity index (χ1n) is 5.64. The summed E-state index contributed by atoms with van der Waals surface area (Å²) in [4.78, 5) is 11.5. The van der Waals surface area contributed by atoms with Crippen LogP contribution in [-0.4, -0.2) is 39.0 Å². The van der Waals surface area contributed by atoms with Crippen LogP contribution in [0.5, 0.6) is 0 Å². The molecule has 2 N–H and O–H groups in total. The Morgan fingerprint density at radius 2 is 2.11 bits per heavy atom. The van der Waals surface area contributed by atoms with Crippen LogP contribution in [0.4, 0.5) is 4.79 Å². The van der Waals surface area contributed by atoms with Gasteiger partial charge in [0.2, 0.25) is 0 Å². The van der Waals surface area contributed by atoms with E-state index in [2.05, 4.69) is 5.32 Å². The van der Waals surface area contributed by atoms with E-state index >= 15 is 0 Å². The number of aliphatic hydroxyl groups is 1. The van der Waals surface area contributed by atoms with Crippen LogP contribution in [0.25, 0.3) is 0 Å². The maximum absolute atomic E-state index is 11.5. The number of halogens is 1. The third-order valence-corrected chi connectivity index (χ3v) is 4.01. The highest BCUT2D eigenvalue weighted by molar-refractivity contribution is 7.86. The molecule has 0 saturated carbocycles. The van der Waals surface area contributed by atoms with Gasteiger partial charge in [-0.15, -0.1) is 11.6 Å². The van der Waals surface area contributed by atoms with Crippen LogP contribution in [-0.2, 0) is 22.1 Å². The van der Waals surface area contributed by atoms with E-state index < -0.39 is 22.9 Å². The third kappa shape index (κ3) is 6.56. The highest BCUT2D eigenvalue weighted by Crippen LogP contribution is 2.01. The van der Waals surface area contributed by atoms with Gasteiger partial charge in [-0.3, -0.25) is 4.21 Å². The number of alkyl carbamates (subject to hydrolysis) is 1. The molecule has 1 rings (SSSR count). The molecule has 0 aromatic heterocycles. The normalized spacial score (nSPS) is 13.6. The molecule has 0 saturated heterocycles. The summed E-state index contributed by atoms with van der Waals surface area (Å²) in [5, 5.41) is 11.5. The SMILES string of the molecule is O=C(NC(CO)CS(=O)CCl)OCc1ccccc1. The van der Waals surface area contributed by atoms with Crippen LogP contribution in [0.15, 0.2) is 30.3 Å². The van der Waals surface area contributed by atoms with Gasteiger partial charge in [0.25, 0.3) is 0 Å². The largest absolute Gasteiger partial charge is 0.445 e. The average molecular weight is 306 g/mol. The highest BCUT2D eigenvalue weighted by atomic mass is 35.5. The quantitative estimate of drug-likeness (QED) is 0.743. The molecule has 1 aromatic carbocycles. The lowest BCUT2D eigenvalue weighted by Crippen LogP contribution is -2.41. The second-order valence-electron chi connectivity index (χ2n) is 3.80. The van der Waals surface area contributed by atoms with Gasteiger partial charge >= 0.3 is 6.09 Å². The molecule has 1 amide bonds.